The Labute approximate surface area is 155 Å². The number of rotatable bonds is 4. The van der Waals surface area contributed by atoms with Crippen molar-refractivity contribution in [2.24, 2.45) is 5.41 Å². The van der Waals surface area contributed by atoms with Crippen LogP contribution in [0.2, 0.25) is 5.02 Å². The first-order chi connectivity index (χ1) is 11.3. The Bertz CT molecular complexity index is 773. The Hall–Kier alpha value is -1.52. The number of methoxy groups -OCH3 is 1. The molecule has 1 N–H and O–H groups in total. The molecule has 2 atom stereocenters. The van der Waals surface area contributed by atoms with Crippen molar-refractivity contribution in [2.75, 3.05) is 7.11 Å². The molecule has 0 aliphatic heterocycles. The van der Waals surface area contributed by atoms with E-state index in [1.54, 1.807) is 25.3 Å². The molecule has 0 unspecified atom stereocenters. The third-order valence-electron chi connectivity index (χ3n) is 4.75. The molecular formula is C19H19BrClNO2. The lowest BCUT2D eigenvalue weighted by atomic mass is 10.0. The number of carbonyl (C=O) groups is 1. The first kappa shape index (κ1) is 17.3. The second-order valence-electron chi connectivity index (χ2n) is 6.65. The maximum Gasteiger partial charge on any atom is 0.255 e. The van der Waals surface area contributed by atoms with Crippen LogP contribution in [0.4, 0.5) is 0 Å². The smallest absolute Gasteiger partial charge is 0.255 e. The van der Waals surface area contributed by atoms with E-state index < -0.39 is 0 Å². The van der Waals surface area contributed by atoms with E-state index in [9.17, 15) is 4.79 Å². The van der Waals surface area contributed by atoms with Crippen LogP contribution in [0, 0.1) is 5.41 Å². The molecule has 2 aromatic carbocycles. The zero-order chi connectivity index (χ0) is 17.5. The Balaban J connectivity index is 1.80. The summed E-state index contributed by atoms with van der Waals surface area (Å²) < 4.78 is 6.33. The molecular weight excluding hydrogens is 390 g/mol. The van der Waals surface area contributed by atoms with Gasteiger partial charge >= 0.3 is 0 Å². The van der Waals surface area contributed by atoms with Crippen molar-refractivity contribution >= 4 is 33.4 Å². The van der Waals surface area contributed by atoms with Crippen LogP contribution in [-0.2, 0) is 0 Å². The van der Waals surface area contributed by atoms with E-state index in [4.69, 9.17) is 16.3 Å². The molecule has 5 heteroatoms. The van der Waals surface area contributed by atoms with Gasteiger partial charge in [0.05, 0.1) is 12.7 Å². The number of halogens is 2. The van der Waals surface area contributed by atoms with E-state index in [1.165, 1.54) is 5.56 Å². The maximum absolute atomic E-state index is 12.7. The van der Waals surface area contributed by atoms with Crippen molar-refractivity contribution in [3.63, 3.8) is 0 Å². The molecule has 0 saturated heterocycles. The summed E-state index contributed by atoms with van der Waals surface area (Å²) in [7, 11) is 1.55. The molecule has 1 aliphatic rings. The monoisotopic (exact) mass is 407 g/mol. The molecule has 126 valence electrons. The van der Waals surface area contributed by atoms with Gasteiger partial charge in [-0.05, 0) is 41.3 Å². The molecule has 0 heterocycles. The van der Waals surface area contributed by atoms with Gasteiger partial charge < -0.3 is 10.1 Å². The molecule has 2 aromatic rings. The summed E-state index contributed by atoms with van der Waals surface area (Å²) in [6.45, 7) is 4.33. The predicted molar refractivity (Wildman–Crippen MR) is 99.9 cm³/mol. The van der Waals surface area contributed by atoms with Crippen LogP contribution in [0.25, 0.3) is 0 Å². The molecule has 1 aliphatic carbocycles. The van der Waals surface area contributed by atoms with E-state index in [2.05, 4.69) is 47.2 Å². The number of benzene rings is 2. The highest BCUT2D eigenvalue weighted by atomic mass is 79.9. The molecule has 3 rings (SSSR count). The fraction of sp³-hybridized carbons (Fsp3) is 0.316. The SMILES string of the molecule is COc1ccc(Cl)cc1C(=O)N[C@@H]1[C@@H](c2ccc(Br)cc2)C1(C)C. The zero-order valence-electron chi connectivity index (χ0n) is 13.8. The fourth-order valence-electron chi connectivity index (χ4n) is 3.28. The van der Waals surface area contributed by atoms with E-state index in [-0.39, 0.29) is 17.4 Å². The second kappa shape index (κ2) is 6.41. The van der Waals surface area contributed by atoms with Gasteiger partial charge in [0, 0.05) is 21.5 Å². The van der Waals surface area contributed by atoms with E-state index in [0.29, 0.717) is 22.3 Å². The highest BCUT2D eigenvalue weighted by Crippen LogP contribution is 2.58. The van der Waals surface area contributed by atoms with Gasteiger partial charge in [0.1, 0.15) is 5.75 Å². The highest BCUT2D eigenvalue weighted by Gasteiger charge is 2.59. The molecule has 1 amide bonds. The van der Waals surface area contributed by atoms with Gasteiger partial charge in [-0.25, -0.2) is 0 Å². The normalized spacial score (nSPS) is 21.2. The summed E-state index contributed by atoms with van der Waals surface area (Å²) in [5.41, 5.74) is 1.70. The van der Waals surface area contributed by atoms with Gasteiger partial charge in [0.15, 0.2) is 0 Å². The second-order valence-corrected chi connectivity index (χ2v) is 8.00. The molecule has 24 heavy (non-hydrogen) atoms. The van der Waals surface area contributed by atoms with Crippen LogP contribution in [0.1, 0.15) is 35.7 Å². The summed E-state index contributed by atoms with van der Waals surface area (Å²) in [4.78, 5) is 12.7. The lowest BCUT2D eigenvalue weighted by molar-refractivity contribution is 0.0943. The van der Waals surface area contributed by atoms with Crippen LogP contribution in [0.5, 0.6) is 5.75 Å². The van der Waals surface area contributed by atoms with Crippen molar-refractivity contribution < 1.29 is 9.53 Å². The first-order valence-electron chi connectivity index (χ1n) is 7.74. The number of hydrogen-bond acceptors (Lipinski definition) is 2. The maximum atomic E-state index is 12.7. The van der Waals surface area contributed by atoms with Crippen molar-refractivity contribution in [3.8, 4) is 5.75 Å². The highest BCUT2D eigenvalue weighted by molar-refractivity contribution is 9.10. The molecule has 0 radical (unpaired) electrons. The topological polar surface area (TPSA) is 38.3 Å². The van der Waals surface area contributed by atoms with Gasteiger partial charge in [0.2, 0.25) is 0 Å². The van der Waals surface area contributed by atoms with E-state index in [0.717, 1.165) is 4.47 Å². The predicted octanol–water partition coefficient (Wildman–Crippen LogP) is 5.03. The molecule has 1 saturated carbocycles. The van der Waals surface area contributed by atoms with E-state index >= 15 is 0 Å². The Morgan fingerprint density at radius 2 is 1.88 bits per heavy atom. The number of nitrogens with one attached hydrogen (secondary N) is 1. The quantitative estimate of drug-likeness (QED) is 0.770. The average molecular weight is 409 g/mol. The standard InChI is InChI=1S/C19H19BrClNO2/c1-19(2)16(11-4-6-12(20)7-5-11)17(19)22-18(23)14-10-13(21)8-9-15(14)24-3/h4-10,16-17H,1-3H3,(H,22,23)/t16-,17-/m1/s1. The summed E-state index contributed by atoms with van der Waals surface area (Å²) in [6.07, 6.45) is 0. The minimum Gasteiger partial charge on any atom is -0.496 e. The average Bonchev–Trinajstić information content (AvgIpc) is 3.08. The van der Waals surface area contributed by atoms with Crippen molar-refractivity contribution in [1.29, 1.82) is 0 Å². The summed E-state index contributed by atoms with van der Waals surface area (Å²) >= 11 is 9.48. The van der Waals surface area contributed by atoms with E-state index in [1.807, 2.05) is 12.1 Å². The van der Waals surface area contributed by atoms with Crippen molar-refractivity contribution in [1.82, 2.24) is 5.32 Å². The molecule has 3 nitrogen and oxygen atoms in total. The van der Waals surface area contributed by atoms with Gasteiger partial charge in [-0.3, -0.25) is 4.79 Å². The number of hydrogen-bond donors (Lipinski definition) is 1. The lowest BCUT2D eigenvalue weighted by Gasteiger charge is -2.10. The number of amides is 1. The largest absolute Gasteiger partial charge is 0.496 e. The number of carbonyl (C=O) groups excluding carboxylic acids is 1. The summed E-state index contributed by atoms with van der Waals surface area (Å²) in [5.74, 6) is 0.655. The van der Waals surface area contributed by atoms with Gasteiger partial charge in [0.25, 0.3) is 5.91 Å². The third-order valence-corrected chi connectivity index (χ3v) is 5.51. The van der Waals surface area contributed by atoms with Gasteiger partial charge in [-0.2, -0.15) is 0 Å². The van der Waals surface area contributed by atoms with Crippen LogP contribution < -0.4 is 10.1 Å². The minimum atomic E-state index is -0.160. The Morgan fingerprint density at radius 3 is 2.50 bits per heavy atom. The Kier molecular flexibility index (Phi) is 4.63. The Morgan fingerprint density at radius 1 is 1.21 bits per heavy atom. The lowest BCUT2D eigenvalue weighted by Crippen LogP contribution is -2.29. The molecule has 0 bridgehead atoms. The van der Waals surface area contributed by atoms with Crippen LogP contribution in [0.15, 0.2) is 46.9 Å². The first-order valence-corrected chi connectivity index (χ1v) is 8.91. The number of ether oxygens (including phenoxy) is 1. The zero-order valence-corrected chi connectivity index (χ0v) is 16.1. The molecule has 1 fully saturated rings. The summed E-state index contributed by atoms with van der Waals surface area (Å²) in [6, 6.07) is 13.4. The van der Waals surface area contributed by atoms with Crippen LogP contribution >= 0.6 is 27.5 Å². The van der Waals surface area contributed by atoms with Crippen LogP contribution in [-0.4, -0.2) is 19.1 Å². The van der Waals surface area contributed by atoms with Crippen molar-refractivity contribution in [3.05, 3.63) is 63.1 Å². The third kappa shape index (κ3) is 3.17. The van der Waals surface area contributed by atoms with Gasteiger partial charge in [-0.15, -0.1) is 0 Å². The van der Waals surface area contributed by atoms with Crippen molar-refractivity contribution in [2.45, 2.75) is 25.8 Å². The van der Waals surface area contributed by atoms with Crippen LogP contribution in [0.3, 0.4) is 0 Å². The molecule has 0 aromatic heterocycles. The molecule has 0 spiro atoms. The van der Waals surface area contributed by atoms with Gasteiger partial charge in [-0.1, -0.05) is 53.5 Å². The summed E-state index contributed by atoms with van der Waals surface area (Å²) in [5, 5.41) is 3.65. The minimum absolute atomic E-state index is 0.00923. The fourth-order valence-corrected chi connectivity index (χ4v) is 3.71.